The van der Waals surface area contributed by atoms with Crippen molar-refractivity contribution in [1.29, 1.82) is 0 Å². The first-order valence-corrected chi connectivity index (χ1v) is 14.3. The van der Waals surface area contributed by atoms with Crippen molar-refractivity contribution in [2.75, 3.05) is 6.61 Å². The van der Waals surface area contributed by atoms with Crippen molar-refractivity contribution in [3.8, 4) is 0 Å². The van der Waals surface area contributed by atoms with Crippen LogP contribution >= 0.6 is 0 Å². The van der Waals surface area contributed by atoms with Crippen molar-refractivity contribution in [2.24, 2.45) is 5.92 Å². The van der Waals surface area contributed by atoms with Gasteiger partial charge in [0.05, 0.1) is 0 Å². The van der Waals surface area contributed by atoms with E-state index in [9.17, 15) is 0 Å². The van der Waals surface area contributed by atoms with E-state index in [-0.39, 0.29) is 6.10 Å². The molecule has 0 N–H and O–H groups in total. The topological polar surface area (TPSA) is 18.5 Å². The lowest BCUT2D eigenvalue weighted by Gasteiger charge is -2.35. The molecule has 0 aromatic heterocycles. The van der Waals surface area contributed by atoms with Crippen LogP contribution < -0.4 is 10.4 Å². The van der Waals surface area contributed by atoms with Gasteiger partial charge in [-0.2, -0.15) is 0 Å². The van der Waals surface area contributed by atoms with E-state index < -0.39 is 8.56 Å². The number of benzene rings is 2. The summed E-state index contributed by atoms with van der Waals surface area (Å²) in [7, 11) is -2.76. The summed E-state index contributed by atoms with van der Waals surface area (Å²) < 4.78 is 13.7. The van der Waals surface area contributed by atoms with Gasteiger partial charge in [-0.15, -0.1) is 0 Å². The first-order chi connectivity index (χ1) is 15.1. The van der Waals surface area contributed by atoms with Gasteiger partial charge >= 0.3 is 8.56 Å². The Kier molecular flexibility index (Phi) is 12.2. The van der Waals surface area contributed by atoms with Gasteiger partial charge < -0.3 is 8.85 Å². The smallest absolute Gasteiger partial charge is 0.388 e. The van der Waals surface area contributed by atoms with Gasteiger partial charge in [0.2, 0.25) is 0 Å². The highest BCUT2D eigenvalue weighted by atomic mass is 28.4. The van der Waals surface area contributed by atoms with Crippen LogP contribution in [0.2, 0.25) is 0 Å². The fraction of sp³-hybridized carbons (Fsp3) is 0.571. The number of hydrogen-bond acceptors (Lipinski definition) is 2. The molecular formula is C28H44O2Si. The van der Waals surface area contributed by atoms with Gasteiger partial charge in [0.15, 0.2) is 0 Å². The van der Waals surface area contributed by atoms with Crippen LogP contribution in [-0.2, 0) is 8.85 Å². The molecule has 172 valence electrons. The van der Waals surface area contributed by atoms with Crippen LogP contribution in [0.15, 0.2) is 60.7 Å². The molecule has 0 saturated carbocycles. The second kappa shape index (κ2) is 14.6. The summed E-state index contributed by atoms with van der Waals surface area (Å²) in [6.07, 6.45) is 12.0. The summed E-state index contributed by atoms with van der Waals surface area (Å²) in [4.78, 5) is 0. The third kappa shape index (κ3) is 8.55. The minimum Gasteiger partial charge on any atom is -0.388 e. The molecule has 0 saturated heterocycles. The lowest BCUT2D eigenvalue weighted by atomic mass is 10.1. The van der Waals surface area contributed by atoms with Crippen LogP contribution in [0.25, 0.3) is 0 Å². The van der Waals surface area contributed by atoms with Gasteiger partial charge in [0.25, 0.3) is 0 Å². The van der Waals surface area contributed by atoms with Crippen molar-refractivity contribution in [1.82, 2.24) is 0 Å². The zero-order chi connectivity index (χ0) is 22.4. The highest BCUT2D eigenvalue weighted by Crippen LogP contribution is 2.18. The van der Waals surface area contributed by atoms with Crippen LogP contribution in [0.1, 0.15) is 85.5 Å². The van der Waals surface area contributed by atoms with Crippen molar-refractivity contribution < 1.29 is 8.85 Å². The fourth-order valence-corrected chi connectivity index (χ4v) is 7.34. The molecule has 3 heteroatoms. The molecule has 0 radical (unpaired) electrons. The Bertz CT molecular complexity index is 647. The lowest BCUT2D eigenvalue weighted by molar-refractivity contribution is 0.109. The largest absolute Gasteiger partial charge is 0.407 e. The van der Waals surface area contributed by atoms with Gasteiger partial charge in [-0.1, -0.05) is 133 Å². The molecule has 0 bridgehead atoms. The van der Waals surface area contributed by atoms with Gasteiger partial charge in [-0.05, 0) is 29.6 Å². The Morgan fingerprint density at radius 2 is 1.10 bits per heavy atom. The third-order valence-corrected chi connectivity index (χ3v) is 9.65. The molecule has 31 heavy (non-hydrogen) atoms. The Morgan fingerprint density at radius 1 is 0.645 bits per heavy atom. The summed E-state index contributed by atoms with van der Waals surface area (Å²) >= 11 is 0. The van der Waals surface area contributed by atoms with Crippen LogP contribution in [0, 0.1) is 5.92 Å². The van der Waals surface area contributed by atoms with Gasteiger partial charge in [-0.3, -0.25) is 0 Å². The minimum atomic E-state index is -2.76. The predicted molar refractivity (Wildman–Crippen MR) is 136 cm³/mol. The van der Waals surface area contributed by atoms with Gasteiger partial charge in [0, 0.05) is 12.7 Å². The monoisotopic (exact) mass is 440 g/mol. The summed E-state index contributed by atoms with van der Waals surface area (Å²) in [6.45, 7) is 9.66. The molecule has 0 fully saturated rings. The minimum absolute atomic E-state index is 0.134. The Morgan fingerprint density at radius 3 is 1.55 bits per heavy atom. The van der Waals surface area contributed by atoms with Crippen LogP contribution in [0.3, 0.4) is 0 Å². The Labute approximate surface area is 192 Å². The summed E-state index contributed by atoms with van der Waals surface area (Å²) in [5, 5.41) is 2.40. The zero-order valence-electron chi connectivity index (χ0n) is 20.3. The normalized spacial score (nSPS) is 12.9. The van der Waals surface area contributed by atoms with E-state index in [1.54, 1.807) is 0 Å². The van der Waals surface area contributed by atoms with Crippen molar-refractivity contribution in [3.05, 3.63) is 60.7 Å². The number of hydrogen-bond donors (Lipinski definition) is 0. The zero-order valence-corrected chi connectivity index (χ0v) is 21.3. The summed E-state index contributed by atoms with van der Waals surface area (Å²) in [5.74, 6) is 0.440. The molecule has 2 aromatic rings. The molecule has 0 heterocycles. The fourth-order valence-electron chi connectivity index (χ4n) is 3.85. The number of unbranched alkanes of at least 4 members (excludes halogenated alkanes) is 8. The van der Waals surface area contributed by atoms with E-state index in [1.807, 2.05) is 0 Å². The average Bonchev–Trinajstić information content (AvgIpc) is 2.80. The van der Waals surface area contributed by atoms with Crippen LogP contribution in [0.5, 0.6) is 0 Å². The quantitative estimate of drug-likeness (QED) is 0.210. The van der Waals surface area contributed by atoms with E-state index in [4.69, 9.17) is 8.85 Å². The van der Waals surface area contributed by atoms with E-state index in [1.165, 1.54) is 61.7 Å². The number of rotatable bonds is 16. The lowest BCUT2D eigenvalue weighted by Crippen LogP contribution is -2.65. The van der Waals surface area contributed by atoms with Gasteiger partial charge in [0.1, 0.15) is 0 Å². The van der Waals surface area contributed by atoms with E-state index >= 15 is 0 Å². The van der Waals surface area contributed by atoms with Crippen LogP contribution in [-0.4, -0.2) is 21.3 Å². The molecule has 2 rings (SSSR count). The van der Waals surface area contributed by atoms with Crippen molar-refractivity contribution >= 4 is 18.9 Å². The first-order valence-electron chi connectivity index (χ1n) is 12.5. The maximum atomic E-state index is 6.87. The maximum absolute atomic E-state index is 6.87. The highest BCUT2D eigenvalue weighted by molar-refractivity contribution is 6.92. The van der Waals surface area contributed by atoms with Crippen molar-refractivity contribution in [2.45, 2.75) is 91.6 Å². The first kappa shape index (κ1) is 25.8. The molecular weight excluding hydrogens is 396 g/mol. The molecule has 1 atom stereocenters. The molecule has 2 aromatic carbocycles. The standard InChI is InChI=1S/C28H44O2Si/c1-5-6-7-8-9-10-11-12-19-24-29-31(30-26(4)25(2)3,27-20-15-13-16-21-27)28-22-17-14-18-23-28/h13-18,20-23,25-26H,5-12,19,24H2,1-4H3. The molecule has 2 nitrogen and oxygen atoms in total. The predicted octanol–water partition coefficient (Wildman–Crippen LogP) is 6.85. The maximum Gasteiger partial charge on any atom is 0.407 e. The molecule has 0 aliphatic carbocycles. The SMILES string of the molecule is CCCCCCCCCCCO[Si](OC(C)C(C)C)(c1ccccc1)c1ccccc1. The van der Waals surface area contributed by atoms with E-state index in [0.717, 1.165) is 13.0 Å². The average molecular weight is 441 g/mol. The molecule has 0 amide bonds. The summed E-state index contributed by atoms with van der Waals surface area (Å²) in [5.41, 5.74) is 0. The molecule has 1 unspecified atom stereocenters. The third-order valence-electron chi connectivity index (χ3n) is 6.15. The molecule has 0 aliphatic rings. The second-order valence-electron chi connectivity index (χ2n) is 9.09. The summed E-state index contributed by atoms with van der Waals surface area (Å²) in [6, 6.07) is 21.3. The van der Waals surface area contributed by atoms with E-state index in [0.29, 0.717) is 5.92 Å². The Hall–Kier alpha value is -1.42. The Balaban J connectivity index is 2.04. The highest BCUT2D eigenvalue weighted by Gasteiger charge is 2.44. The second-order valence-corrected chi connectivity index (χ2v) is 12.0. The van der Waals surface area contributed by atoms with Crippen LogP contribution in [0.4, 0.5) is 0 Å². The molecule has 0 spiro atoms. The van der Waals surface area contributed by atoms with Gasteiger partial charge in [-0.25, -0.2) is 0 Å². The van der Waals surface area contributed by atoms with E-state index in [2.05, 4.69) is 88.4 Å². The van der Waals surface area contributed by atoms with Crippen molar-refractivity contribution in [3.63, 3.8) is 0 Å². The molecule has 0 aliphatic heterocycles.